The summed E-state index contributed by atoms with van der Waals surface area (Å²) in [6.07, 6.45) is 3.95. The predicted octanol–water partition coefficient (Wildman–Crippen LogP) is 1.16. The summed E-state index contributed by atoms with van der Waals surface area (Å²) >= 11 is 0. The minimum absolute atomic E-state index is 0.692. The summed E-state index contributed by atoms with van der Waals surface area (Å²) in [5, 5.41) is 8.41. The molecule has 0 spiro atoms. The van der Waals surface area contributed by atoms with Crippen LogP contribution in [0.1, 0.15) is 30.7 Å². The lowest BCUT2D eigenvalue weighted by molar-refractivity contribution is 0.260. The molecule has 0 saturated carbocycles. The molecule has 0 radical (unpaired) electrons. The Morgan fingerprint density at radius 2 is 1.78 bits per heavy atom. The minimum atomic E-state index is 0.692. The van der Waals surface area contributed by atoms with E-state index < -0.39 is 0 Å². The first-order chi connectivity index (χ1) is 8.74. The summed E-state index contributed by atoms with van der Waals surface area (Å²) < 4.78 is 0. The van der Waals surface area contributed by atoms with Gasteiger partial charge in [-0.15, -0.1) is 5.10 Å². The SMILES string of the molecule is Cc1nnc(N2CC[C@H](N3CCCC3)C2)nc1C. The quantitative estimate of drug-likeness (QED) is 0.785. The zero-order valence-electron chi connectivity index (χ0n) is 11.3. The standard InChI is InChI=1S/C13H21N5/c1-10-11(2)15-16-13(14-10)18-8-5-12(9-18)17-6-3-4-7-17/h12H,3-9H2,1-2H3/t12-/m0/s1. The van der Waals surface area contributed by atoms with Crippen molar-refractivity contribution in [2.45, 2.75) is 39.2 Å². The molecule has 1 atom stereocenters. The highest BCUT2D eigenvalue weighted by Crippen LogP contribution is 2.22. The van der Waals surface area contributed by atoms with Crippen molar-refractivity contribution in [2.75, 3.05) is 31.1 Å². The van der Waals surface area contributed by atoms with Gasteiger partial charge < -0.3 is 4.90 Å². The maximum Gasteiger partial charge on any atom is 0.245 e. The van der Waals surface area contributed by atoms with Crippen LogP contribution in [0, 0.1) is 13.8 Å². The third-order valence-electron chi connectivity index (χ3n) is 4.18. The number of aromatic nitrogens is 3. The molecule has 5 nitrogen and oxygen atoms in total. The molecule has 1 aromatic rings. The van der Waals surface area contributed by atoms with Crippen LogP contribution in [-0.4, -0.2) is 52.3 Å². The molecule has 0 bridgehead atoms. The van der Waals surface area contributed by atoms with Crippen molar-refractivity contribution >= 4 is 5.95 Å². The minimum Gasteiger partial charge on any atom is -0.338 e. The highest BCUT2D eigenvalue weighted by Gasteiger charge is 2.30. The molecule has 3 heterocycles. The Kier molecular flexibility index (Phi) is 3.16. The Hall–Kier alpha value is -1.23. The van der Waals surface area contributed by atoms with Crippen molar-refractivity contribution in [1.29, 1.82) is 0 Å². The molecule has 5 heteroatoms. The summed E-state index contributed by atoms with van der Waals surface area (Å²) in [5.41, 5.74) is 1.92. The van der Waals surface area contributed by atoms with Crippen LogP contribution in [0.25, 0.3) is 0 Å². The fourth-order valence-electron chi connectivity index (χ4n) is 2.91. The molecule has 0 aromatic carbocycles. The molecule has 0 amide bonds. The number of anilines is 1. The van der Waals surface area contributed by atoms with Crippen LogP contribution in [0.3, 0.4) is 0 Å². The largest absolute Gasteiger partial charge is 0.338 e. The lowest BCUT2D eigenvalue weighted by Gasteiger charge is -2.23. The van der Waals surface area contributed by atoms with Gasteiger partial charge in [-0.3, -0.25) is 4.90 Å². The number of rotatable bonds is 2. The van der Waals surface area contributed by atoms with Gasteiger partial charge in [-0.05, 0) is 46.2 Å². The van der Waals surface area contributed by atoms with Crippen molar-refractivity contribution in [3.05, 3.63) is 11.4 Å². The lowest BCUT2D eigenvalue weighted by Crippen LogP contribution is -2.35. The van der Waals surface area contributed by atoms with Crippen LogP contribution in [0.4, 0.5) is 5.95 Å². The highest BCUT2D eigenvalue weighted by molar-refractivity contribution is 5.32. The van der Waals surface area contributed by atoms with Crippen molar-refractivity contribution in [1.82, 2.24) is 20.1 Å². The molecule has 2 saturated heterocycles. The summed E-state index contributed by atoms with van der Waals surface area (Å²) in [6, 6.07) is 0.692. The van der Waals surface area contributed by atoms with E-state index in [-0.39, 0.29) is 0 Å². The molecular formula is C13H21N5. The van der Waals surface area contributed by atoms with Gasteiger partial charge in [0.2, 0.25) is 5.95 Å². The van der Waals surface area contributed by atoms with Gasteiger partial charge in [-0.2, -0.15) is 5.10 Å². The van der Waals surface area contributed by atoms with Crippen LogP contribution in [0.15, 0.2) is 0 Å². The van der Waals surface area contributed by atoms with Crippen LogP contribution in [-0.2, 0) is 0 Å². The first kappa shape index (κ1) is 11.8. The Labute approximate surface area is 108 Å². The van der Waals surface area contributed by atoms with Crippen molar-refractivity contribution in [3.63, 3.8) is 0 Å². The number of hydrogen-bond acceptors (Lipinski definition) is 5. The number of likely N-dealkylation sites (tertiary alicyclic amines) is 1. The summed E-state index contributed by atoms with van der Waals surface area (Å²) in [7, 11) is 0. The van der Waals surface area contributed by atoms with E-state index in [1.165, 1.54) is 32.4 Å². The number of aryl methyl sites for hydroxylation is 2. The normalized spacial score (nSPS) is 25.0. The molecule has 3 rings (SSSR count). The van der Waals surface area contributed by atoms with Gasteiger partial charge >= 0.3 is 0 Å². The maximum absolute atomic E-state index is 4.55. The molecule has 2 fully saturated rings. The van der Waals surface area contributed by atoms with Gasteiger partial charge in [-0.1, -0.05) is 0 Å². The van der Waals surface area contributed by atoms with Crippen LogP contribution in [0.5, 0.6) is 0 Å². The van der Waals surface area contributed by atoms with E-state index in [0.29, 0.717) is 6.04 Å². The maximum atomic E-state index is 4.55. The fraction of sp³-hybridized carbons (Fsp3) is 0.769. The van der Waals surface area contributed by atoms with Crippen molar-refractivity contribution in [3.8, 4) is 0 Å². The second kappa shape index (κ2) is 4.80. The Bertz CT molecular complexity index is 427. The van der Waals surface area contributed by atoms with Crippen LogP contribution in [0.2, 0.25) is 0 Å². The summed E-state index contributed by atoms with van der Waals surface area (Å²) in [4.78, 5) is 9.45. The smallest absolute Gasteiger partial charge is 0.245 e. The Morgan fingerprint density at radius 1 is 1.00 bits per heavy atom. The summed E-state index contributed by atoms with van der Waals surface area (Å²) in [5.74, 6) is 0.805. The van der Waals surface area contributed by atoms with E-state index in [2.05, 4.69) is 25.0 Å². The third-order valence-corrected chi connectivity index (χ3v) is 4.18. The molecule has 1 aromatic heterocycles. The van der Waals surface area contributed by atoms with Gasteiger partial charge in [0, 0.05) is 19.1 Å². The molecular weight excluding hydrogens is 226 g/mol. The van der Waals surface area contributed by atoms with Gasteiger partial charge in [0.05, 0.1) is 11.4 Å². The second-order valence-electron chi connectivity index (χ2n) is 5.41. The number of nitrogens with zero attached hydrogens (tertiary/aromatic N) is 5. The molecule has 18 heavy (non-hydrogen) atoms. The first-order valence-corrected chi connectivity index (χ1v) is 6.91. The molecule has 0 aliphatic carbocycles. The van der Waals surface area contributed by atoms with Gasteiger partial charge in [0.1, 0.15) is 0 Å². The monoisotopic (exact) mass is 247 g/mol. The van der Waals surface area contributed by atoms with Crippen LogP contribution < -0.4 is 4.90 Å². The van der Waals surface area contributed by atoms with E-state index in [1.807, 2.05) is 13.8 Å². The van der Waals surface area contributed by atoms with E-state index in [0.717, 1.165) is 30.4 Å². The molecule has 98 valence electrons. The Morgan fingerprint density at radius 3 is 2.50 bits per heavy atom. The second-order valence-corrected chi connectivity index (χ2v) is 5.41. The summed E-state index contributed by atoms with van der Waals surface area (Å²) in [6.45, 7) is 8.61. The molecule has 2 aliphatic rings. The third kappa shape index (κ3) is 2.19. The Balaban J connectivity index is 1.69. The van der Waals surface area contributed by atoms with E-state index in [1.54, 1.807) is 0 Å². The topological polar surface area (TPSA) is 45.2 Å². The highest BCUT2D eigenvalue weighted by atomic mass is 15.4. The van der Waals surface area contributed by atoms with Crippen LogP contribution >= 0.6 is 0 Å². The lowest BCUT2D eigenvalue weighted by atomic mass is 10.2. The van der Waals surface area contributed by atoms with E-state index >= 15 is 0 Å². The average molecular weight is 247 g/mol. The fourth-order valence-corrected chi connectivity index (χ4v) is 2.91. The van der Waals surface area contributed by atoms with Crippen molar-refractivity contribution < 1.29 is 0 Å². The zero-order chi connectivity index (χ0) is 12.5. The van der Waals surface area contributed by atoms with Crippen molar-refractivity contribution in [2.24, 2.45) is 0 Å². The predicted molar refractivity (Wildman–Crippen MR) is 70.7 cm³/mol. The van der Waals surface area contributed by atoms with Gasteiger partial charge in [-0.25, -0.2) is 4.98 Å². The van der Waals surface area contributed by atoms with E-state index in [4.69, 9.17) is 0 Å². The molecule has 0 N–H and O–H groups in total. The molecule has 2 aliphatic heterocycles. The average Bonchev–Trinajstić information content (AvgIpc) is 3.01. The number of hydrogen-bond donors (Lipinski definition) is 0. The zero-order valence-corrected chi connectivity index (χ0v) is 11.3. The van der Waals surface area contributed by atoms with Gasteiger partial charge in [0.15, 0.2) is 0 Å². The molecule has 0 unspecified atom stereocenters. The first-order valence-electron chi connectivity index (χ1n) is 6.91. The van der Waals surface area contributed by atoms with Gasteiger partial charge in [0.25, 0.3) is 0 Å². The van der Waals surface area contributed by atoms with E-state index in [9.17, 15) is 0 Å².